The second-order valence-electron chi connectivity index (χ2n) is 6.11. The lowest BCUT2D eigenvalue weighted by Gasteiger charge is -2.25. The molecule has 1 aromatic heterocycles. The number of imidazole rings is 1. The molecule has 2 heterocycles. The lowest BCUT2D eigenvalue weighted by molar-refractivity contribution is 0.0671. The van der Waals surface area contributed by atoms with E-state index in [2.05, 4.69) is 21.4 Å². The highest BCUT2D eigenvalue weighted by Gasteiger charge is 2.20. The number of halogens is 1. The van der Waals surface area contributed by atoms with Crippen LogP contribution in [0.15, 0.2) is 36.8 Å². The number of ether oxygens (including phenoxy) is 1. The van der Waals surface area contributed by atoms with Gasteiger partial charge < -0.3 is 9.30 Å². The predicted octanol–water partition coefficient (Wildman–Crippen LogP) is 3.22. The lowest BCUT2D eigenvalue weighted by Crippen LogP contribution is -2.32. The van der Waals surface area contributed by atoms with Crippen molar-refractivity contribution in [3.05, 3.63) is 53.9 Å². The van der Waals surface area contributed by atoms with Crippen molar-refractivity contribution >= 4 is 0 Å². The van der Waals surface area contributed by atoms with Gasteiger partial charge in [0.15, 0.2) is 0 Å². The van der Waals surface area contributed by atoms with Gasteiger partial charge in [-0.3, -0.25) is 4.90 Å². The predicted molar refractivity (Wildman–Crippen MR) is 87.4 cm³/mol. The molecular formula is C18H24FN3O. The second-order valence-corrected chi connectivity index (χ2v) is 6.11. The smallest absolute Gasteiger partial charge is 0.123 e. The summed E-state index contributed by atoms with van der Waals surface area (Å²) in [7, 11) is 0. The van der Waals surface area contributed by atoms with Gasteiger partial charge in [0.2, 0.25) is 0 Å². The van der Waals surface area contributed by atoms with Crippen LogP contribution in [0.25, 0.3) is 0 Å². The van der Waals surface area contributed by atoms with Crippen molar-refractivity contribution in [3.63, 3.8) is 0 Å². The molecule has 4 nitrogen and oxygen atoms in total. The van der Waals surface area contributed by atoms with Crippen LogP contribution in [0.5, 0.6) is 0 Å². The maximum atomic E-state index is 13.5. The third kappa shape index (κ3) is 4.39. The van der Waals surface area contributed by atoms with E-state index in [1.165, 1.54) is 11.8 Å². The van der Waals surface area contributed by atoms with Crippen molar-refractivity contribution in [2.75, 3.05) is 13.2 Å². The van der Waals surface area contributed by atoms with Gasteiger partial charge in [-0.2, -0.15) is 0 Å². The molecular weight excluding hydrogens is 293 g/mol. The van der Waals surface area contributed by atoms with E-state index in [1.54, 1.807) is 12.1 Å². The number of benzene rings is 1. The van der Waals surface area contributed by atoms with E-state index in [0.29, 0.717) is 6.54 Å². The van der Waals surface area contributed by atoms with E-state index in [-0.39, 0.29) is 11.9 Å². The summed E-state index contributed by atoms with van der Waals surface area (Å²) in [4.78, 5) is 6.57. The molecule has 1 aliphatic heterocycles. The quantitative estimate of drug-likeness (QED) is 0.785. The van der Waals surface area contributed by atoms with Gasteiger partial charge in [0.05, 0.1) is 18.1 Å². The molecule has 124 valence electrons. The van der Waals surface area contributed by atoms with Crippen LogP contribution in [0.2, 0.25) is 0 Å². The first-order chi connectivity index (χ1) is 11.2. The first kappa shape index (κ1) is 16.1. The third-order valence-electron chi connectivity index (χ3n) is 4.31. The van der Waals surface area contributed by atoms with E-state index >= 15 is 0 Å². The van der Waals surface area contributed by atoms with Crippen molar-refractivity contribution < 1.29 is 9.13 Å². The molecule has 23 heavy (non-hydrogen) atoms. The minimum atomic E-state index is -0.182. The summed E-state index contributed by atoms with van der Waals surface area (Å²) in [5, 5.41) is 0. The number of aromatic nitrogens is 2. The van der Waals surface area contributed by atoms with Gasteiger partial charge in [0, 0.05) is 39.0 Å². The largest absolute Gasteiger partial charge is 0.377 e. The summed E-state index contributed by atoms with van der Waals surface area (Å²) in [6.45, 7) is 6.25. The monoisotopic (exact) mass is 317 g/mol. The minimum Gasteiger partial charge on any atom is -0.377 e. The summed E-state index contributed by atoms with van der Waals surface area (Å²) in [5.41, 5.74) is 2.17. The summed E-state index contributed by atoms with van der Waals surface area (Å²) in [6, 6.07) is 6.84. The van der Waals surface area contributed by atoms with Crippen LogP contribution in [0.3, 0.4) is 0 Å². The maximum Gasteiger partial charge on any atom is 0.123 e. The fourth-order valence-corrected chi connectivity index (χ4v) is 3.15. The molecule has 0 radical (unpaired) electrons. The maximum absolute atomic E-state index is 13.5. The summed E-state index contributed by atoms with van der Waals surface area (Å²) < 4.78 is 21.4. The molecule has 1 aromatic carbocycles. The summed E-state index contributed by atoms with van der Waals surface area (Å²) in [5.74, 6) is -0.182. The molecule has 0 N–H and O–H groups in total. The van der Waals surface area contributed by atoms with Gasteiger partial charge in [-0.25, -0.2) is 9.37 Å². The van der Waals surface area contributed by atoms with Crippen molar-refractivity contribution in [2.45, 2.75) is 45.5 Å². The summed E-state index contributed by atoms with van der Waals surface area (Å²) in [6.07, 6.45) is 6.29. The van der Waals surface area contributed by atoms with Crippen LogP contribution in [0, 0.1) is 5.82 Å². The van der Waals surface area contributed by atoms with Crippen molar-refractivity contribution in [3.8, 4) is 0 Å². The second kappa shape index (κ2) is 7.70. The number of rotatable bonds is 7. The molecule has 0 spiro atoms. The van der Waals surface area contributed by atoms with Crippen LogP contribution in [0.1, 0.15) is 31.0 Å². The Kier molecular flexibility index (Phi) is 5.41. The Morgan fingerprint density at radius 3 is 3.04 bits per heavy atom. The molecule has 1 saturated heterocycles. The number of aryl methyl sites for hydroxylation is 1. The lowest BCUT2D eigenvalue weighted by atomic mass is 10.1. The highest BCUT2D eigenvalue weighted by atomic mass is 19.1. The zero-order chi connectivity index (χ0) is 16.1. The average Bonchev–Trinajstić information content (AvgIpc) is 3.18. The van der Waals surface area contributed by atoms with E-state index in [1.807, 2.05) is 18.6 Å². The van der Waals surface area contributed by atoms with Crippen LogP contribution in [-0.2, 0) is 24.4 Å². The topological polar surface area (TPSA) is 30.3 Å². The van der Waals surface area contributed by atoms with Crippen molar-refractivity contribution in [1.82, 2.24) is 14.5 Å². The number of hydrogen-bond acceptors (Lipinski definition) is 3. The Bertz CT molecular complexity index is 622. The third-order valence-corrected chi connectivity index (χ3v) is 4.31. The van der Waals surface area contributed by atoms with Crippen LogP contribution >= 0.6 is 0 Å². The van der Waals surface area contributed by atoms with Crippen molar-refractivity contribution in [2.24, 2.45) is 0 Å². The van der Waals surface area contributed by atoms with Gasteiger partial charge in [-0.05, 0) is 37.5 Å². The highest BCUT2D eigenvalue weighted by Crippen LogP contribution is 2.17. The van der Waals surface area contributed by atoms with Crippen LogP contribution in [0.4, 0.5) is 4.39 Å². The molecule has 1 fully saturated rings. The Morgan fingerprint density at radius 1 is 1.39 bits per heavy atom. The normalized spacial score (nSPS) is 18.0. The fourth-order valence-electron chi connectivity index (χ4n) is 3.15. The molecule has 1 unspecified atom stereocenters. The zero-order valence-electron chi connectivity index (χ0n) is 13.6. The van der Waals surface area contributed by atoms with Gasteiger partial charge in [0.25, 0.3) is 0 Å². The molecule has 0 aliphatic carbocycles. The number of nitrogens with zero attached hydrogens (tertiary/aromatic N) is 3. The SMILES string of the molecule is CCn1cncc1CN(Cc1cccc(F)c1)CC1CCCO1. The summed E-state index contributed by atoms with van der Waals surface area (Å²) >= 11 is 0. The molecule has 5 heteroatoms. The minimum absolute atomic E-state index is 0.182. The van der Waals surface area contributed by atoms with Gasteiger partial charge in [-0.15, -0.1) is 0 Å². The average molecular weight is 317 g/mol. The first-order valence-corrected chi connectivity index (χ1v) is 8.32. The molecule has 3 rings (SSSR count). The molecule has 2 aromatic rings. The highest BCUT2D eigenvalue weighted by molar-refractivity contribution is 5.16. The Morgan fingerprint density at radius 2 is 2.30 bits per heavy atom. The van der Waals surface area contributed by atoms with E-state index in [9.17, 15) is 4.39 Å². The van der Waals surface area contributed by atoms with E-state index in [4.69, 9.17) is 4.74 Å². The Balaban J connectivity index is 1.72. The van der Waals surface area contributed by atoms with Crippen LogP contribution < -0.4 is 0 Å². The van der Waals surface area contributed by atoms with Crippen LogP contribution in [-0.4, -0.2) is 33.7 Å². The first-order valence-electron chi connectivity index (χ1n) is 8.32. The Hall–Kier alpha value is -1.72. The zero-order valence-corrected chi connectivity index (χ0v) is 13.6. The molecule has 1 aliphatic rings. The van der Waals surface area contributed by atoms with E-state index in [0.717, 1.165) is 44.6 Å². The fraction of sp³-hybridized carbons (Fsp3) is 0.500. The standard InChI is InChI=1S/C18H24FN3O/c1-2-22-14-20-10-17(22)12-21(13-18-7-4-8-23-18)11-15-5-3-6-16(19)9-15/h3,5-6,9-10,14,18H,2,4,7-8,11-13H2,1H3. The van der Waals surface area contributed by atoms with Crippen molar-refractivity contribution in [1.29, 1.82) is 0 Å². The van der Waals surface area contributed by atoms with E-state index < -0.39 is 0 Å². The number of hydrogen-bond donors (Lipinski definition) is 0. The molecule has 1 atom stereocenters. The van der Waals surface area contributed by atoms with Gasteiger partial charge >= 0.3 is 0 Å². The van der Waals surface area contributed by atoms with Gasteiger partial charge in [0.1, 0.15) is 5.82 Å². The molecule has 0 bridgehead atoms. The Labute approximate surface area is 136 Å². The molecule has 0 amide bonds. The van der Waals surface area contributed by atoms with Gasteiger partial charge in [-0.1, -0.05) is 12.1 Å². The molecule has 0 saturated carbocycles.